The van der Waals surface area contributed by atoms with Gasteiger partial charge in [-0.05, 0) is 48.5 Å². The van der Waals surface area contributed by atoms with Gasteiger partial charge in [-0.1, -0.05) is 24.3 Å². The van der Waals surface area contributed by atoms with Gasteiger partial charge in [-0.3, -0.25) is 9.97 Å². The zero-order valence-corrected chi connectivity index (χ0v) is 16.8. The van der Waals surface area contributed by atoms with Crippen molar-refractivity contribution in [3.05, 3.63) is 85.2 Å². The van der Waals surface area contributed by atoms with E-state index in [4.69, 9.17) is 9.40 Å². The van der Waals surface area contributed by atoms with E-state index in [2.05, 4.69) is 26.0 Å². The number of nitrogens with zero attached hydrogens (tertiary/aromatic N) is 4. The number of oxazole rings is 1. The van der Waals surface area contributed by atoms with Crippen molar-refractivity contribution < 1.29 is 4.42 Å². The van der Waals surface area contributed by atoms with Gasteiger partial charge in [0.15, 0.2) is 5.58 Å². The predicted octanol–water partition coefficient (Wildman–Crippen LogP) is 6.13. The Morgan fingerprint density at radius 1 is 0.625 bits per heavy atom. The zero-order chi connectivity index (χ0) is 21.1. The third-order valence-electron chi connectivity index (χ3n) is 5.77. The largest absolute Gasteiger partial charge is 0.436 e. The molecule has 0 aliphatic heterocycles. The number of pyridine rings is 2. The summed E-state index contributed by atoms with van der Waals surface area (Å²) in [4.78, 5) is 22.2. The lowest BCUT2D eigenvalue weighted by molar-refractivity contribution is 0.620. The van der Waals surface area contributed by atoms with Crippen molar-refractivity contribution in [1.82, 2.24) is 24.9 Å². The van der Waals surface area contributed by atoms with E-state index in [1.807, 2.05) is 66.7 Å². The highest BCUT2D eigenvalue weighted by Gasteiger charge is 2.15. The van der Waals surface area contributed by atoms with Crippen LogP contribution in [0.2, 0.25) is 0 Å². The van der Waals surface area contributed by atoms with E-state index in [9.17, 15) is 0 Å². The van der Waals surface area contributed by atoms with Crippen LogP contribution in [0.3, 0.4) is 0 Å². The van der Waals surface area contributed by atoms with Gasteiger partial charge >= 0.3 is 0 Å². The van der Waals surface area contributed by atoms with Crippen LogP contribution in [0, 0.1) is 0 Å². The maximum Gasteiger partial charge on any atom is 0.227 e. The second-order valence-electron chi connectivity index (χ2n) is 7.67. The molecule has 7 aromatic rings. The Bertz CT molecular complexity index is 1670. The molecule has 3 aromatic carbocycles. The second kappa shape index (κ2) is 6.46. The van der Waals surface area contributed by atoms with Crippen LogP contribution in [-0.2, 0) is 0 Å². The van der Waals surface area contributed by atoms with Crippen molar-refractivity contribution >= 4 is 43.9 Å². The summed E-state index contributed by atoms with van der Waals surface area (Å²) >= 11 is 0. The summed E-state index contributed by atoms with van der Waals surface area (Å²) in [6.45, 7) is 0. The van der Waals surface area contributed by atoms with Crippen LogP contribution in [0.5, 0.6) is 0 Å². The molecule has 0 bridgehead atoms. The Hall–Kier alpha value is -4.58. The van der Waals surface area contributed by atoms with Crippen LogP contribution in [0.4, 0.5) is 0 Å². The number of aromatic amines is 1. The van der Waals surface area contributed by atoms with Crippen LogP contribution in [0.25, 0.3) is 66.8 Å². The highest BCUT2D eigenvalue weighted by molar-refractivity contribution is 6.21. The lowest BCUT2D eigenvalue weighted by atomic mass is 10.1. The Labute approximate surface area is 181 Å². The van der Waals surface area contributed by atoms with Crippen molar-refractivity contribution in [2.24, 2.45) is 0 Å². The topological polar surface area (TPSA) is 80.5 Å². The van der Waals surface area contributed by atoms with Crippen molar-refractivity contribution in [3.8, 4) is 22.8 Å². The molecule has 0 saturated carbocycles. The number of nitrogens with one attached hydrogen (secondary N) is 1. The molecule has 0 unspecified atom stereocenters. The third-order valence-corrected chi connectivity index (χ3v) is 5.77. The highest BCUT2D eigenvalue weighted by Crippen LogP contribution is 2.33. The first-order chi connectivity index (χ1) is 15.8. The molecule has 0 radical (unpaired) electrons. The van der Waals surface area contributed by atoms with E-state index in [-0.39, 0.29) is 0 Å². The van der Waals surface area contributed by atoms with Crippen LogP contribution >= 0.6 is 0 Å². The summed E-state index contributed by atoms with van der Waals surface area (Å²) in [6, 6.07) is 23.8. The molecule has 1 N–H and O–H groups in total. The molecule has 0 atom stereocenters. The van der Waals surface area contributed by atoms with E-state index in [1.54, 1.807) is 12.4 Å². The Morgan fingerprint density at radius 3 is 2.16 bits per heavy atom. The number of para-hydroxylation sites is 2. The van der Waals surface area contributed by atoms with E-state index in [0.717, 1.165) is 60.9 Å². The summed E-state index contributed by atoms with van der Waals surface area (Å²) in [5.74, 6) is 1.40. The molecule has 0 aliphatic rings. The molecule has 0 aliphatic carbocycles. The van der Waals surface area contributed by atoms with E-state index >= 15 is 0 Å². The van der Waals surface area contributed by atoms with Gasteiger partial charge in [0.05, 0.1) is 22.1 Å². The van der Waals surface area contributed by atoms with Gasteiger partial charge in [-0.2, -0.15) is 0 Å². The Balaban J connectivity index is 1.38. The first-order valence-electron chi connectivity index (χ1n) is 10.3. The van der Waals surface area contributed by atoms with Crippen molar-refractivity contribution in [1.29, 1.82) is 0 Å². The van der Waals surface area contributed by atoms with Gasteiger partial charge in [0, 0.05) is 34.3 Å². The average Bonchev–Trinajstić information content (AvgIpc) is 3.50. The molecule has 0 saturated heterocycles. The minimum atomic E-state index is 0.608. The molecule has 4 heterocycles. The molecule has 150 valence electrons. The number of H-pyrrole nitrogens is 1. The normalized spacial score (nSPS) is 11.8. The van der Waals surface area contributed by atoms with Crippen molar-refractivity contribution in [2.45, 2.75) is 0 Å². The fourth-order valence-electron chi connectivity index (χ4n) is 4.25. The Morgan fingerprint density at radius 2 is 1.34 bits per heavy atom. The van der Waals surface area contributed by atoms with Crippen LogP contribution in [0.1, 0.15) is 0 Å². The van der Waals surface area contributed by atoms with Gasteiger partial charge in [-0.25, -0.2) is 9.97 Å². The smallest absolute Gasteiger partial charge is 0.227 e. The zero-order valence-electron chi connectivity index (χ0n) is 16.8. The minimum absolute atomic E-state index is 0.608. The monoisotopic (exact) mass is 413 g/mol. The third kappa shape index (κ3) is 2.46. The van der Waals surface area contributed by atoms with E-state index < -0.39 is 0 Å². The molecular weight excluding hydrogens is 398 g/mol. The van der Waals surface area contributed by atoms with Gasteiger partial charge in [-0.15, -0.1) is 0 Å². The van der Waals surface area contributed by atoms with E-state index in [1.165, 1.54) is 0 Å². The molecule has 32 heavy (non-hydrogen) atoms. The van der Waals surface area contributed by atoms with Crippen LogP contribution in [0.15, 0.2) is 89.6 Å². The van der Waals surface area contributed by atoms with Gasteiger partial charge in [0.2, 0.25) is 5.89 Å². The molecule has 6 nitrogen and oxygen atoms in total. The number of hydrogen-bond acceptors (Lipinski definition) is 5. The van der Waals surface area contributed by atoms with Crippen molar-refractivity contribution in [2.75, 3.05) is 0 Å². The van der Waals surface area contributed by atoms with Crippen molar-refractivity contribution in [3.63, 3.8) is 0 Å². The summed E-state index contributed by atoms with van der Waals surface area (Å²) in [5, 5.41) is 2.00. The fourth-order valence-corrected chi connectivity index (χ4v) is 4.25. The molecule has 0 fully saturated rings. The van der Waals surface area contributed by atoms with Gasteiger partial charge in [0.25, 0.3) is 0 Å². The number of aromatic nitrogens is 5. The average molecular weight is 413 g/mol. The fraction of sp³-hybridized carbons (Fsp3) is 0. The molecular formula is C26H15N5O. The molecule has 6 heteroatoms. The highest BCUT2D eigenvalue weighted by atomic mass is 16.3. The number of benzene rings is 3. The first kappa shape index (κ1) is 17.1. The van der Waals surface area contributed by atoms with Gasteiger partial charge in [0.1, 0.15) is 11.3 Å². The quantitative estimate of drug-likeness (QED) is 0.345. The maximum atomic E-state index is 5.90. The standard InChI is InChI=1S/C26H15N5O/c1-2-8-20-19(7-1)29-26(32-20)16-11-9-15(10-12-16)25-30-23-17-5-3-13-27-21(17)22-18(24(23)31-25)6-4-14-28-22/h1-14H,(H,30,31). The summed E-state index contributed by atoms with van der Waals surface area (Å²) < 4.78 is 5.90. The lowest BCUT2D eigenvalue weighted by Gasteiger charge is -2.03. The number of fused-ring (bicyclic) bond motifs is 7. The van der Waals surface area contributed by atoms with Gasteiger partial charge < -0.3 is 9.40 Å². The van der Waals surface area contributed by atoms with Crippen LogP contribution in [-0.4, -0.2) is 24.9 Å². The summed E-state index contributed by atoms with van der Waals surface area (Å²) in [6.07, 6.45) is 3.59. The SMILES string of the molecule is c1ccc2oc(-c3ccc(-c4nc5c6cccnc6c6ncccc6c5[nH]4)cc3)nc2c1. The molecule has 0 amide bonds. The molecule has 0 spiro atoms. The lowest BCUT2D eigenvalue weighted by Crippen LogP contribution is -1.86. The molecule has 4 aromatic heterocycles. The molecule has 7 rings (SSSR count). The predicted molar refractivity (Wildman–Crippen MR) is 125 cm³/mol. The summed E-state index contributed by atoms with van der Waals surface area (Å²) in [7, 11) is 0. The number of rotatable bonds is 2. The Kier molecular flexibility index (Phi) is 3.46. The minimum Gasteiger partial charge on any atom is -0.436 e. The second-order valence-corrected chi connectivity index (χ2v) is 7.67. The van der Waals surface area contributed by atoms with Crippen LogP contribution < -0.4 is 0 Å². The van der Waals surface area contributed by atoms with E-state index in [0.29, 0.717) is 5.89 Å². The number of imidazole rings is 1. The maximum absolute atomic E-state index is 5.90. The summed E-state index contributed by atoms with van der Waals surface area (Å²) in [5.41, 5.74) is 7.13. The number of hydrogen-bond donors (Lipinski definition) is 1. The first-order valence-corrected chi connectivity index (χ1v) is 10.3.